The van der Waals surface area contributed by atoms with Crippen molar-refractivity contribution >= 4 is 21.1 Å². The first-order chi connectivity index (χ1) is 6.93. The van der Waals surface area contributed by atoms with Gasteiger partial charge in [0.05, 0.1) is 6.61 Å². The lowest BCUT2D eigenvalue weighted by atomic mass is 10.2. The summed E-state index contributed by atoms with van der Waals surface area (Å²) in [5.74, 6) is 0. The summed E-state index contributed by atoms with van der Waals surface area (Å²) in [6.45, 7) is 2.86. The lowest BCUT2D eigenvalue weighted by Gasteiger charge is -1.91. The molecule has 0 aliphatic rings. The average Bonchev–Trinajstić information content (AvgIpc) is 2.25. The van der Waals surface area contributed by atoms with E-state index in [1.165, 1.54) is 5.56 Å². The van der Waals surface area contributed by atoms with E-state index in [1.54, 1.807) is 0 Å². The highest BCUT2D eigenvalue weighted by molar-refractivity contribution is 6.40. The van der Waals surface area contributed by atoms with Crippen LogP contribution in [0.1, 0.15) is 18.9 Å². The van der Waals surface area contributed by atoms with Crippen molar-refractivity contribution in [2.24, 2.45) is 0 Å². The second-order valence-corrected chi connectivity index (χ2v) is 3.95. The van der Waals surface area contributed by atoms with Gasteiger partial charge in [-0.2, -0.15) is 0 Å². The van der Waals surface area contributed by atoms with E-state index in [0.29, 0.717) is 0 Å². The van der Waals surface area contributed by atoms with Crippen molar-refractivity contribution in [3.05, 3.63) is 42.0 Å². The van der Waals surface area contributed by atoms with E-state index in [4.69, 9.17) is 4.43 Å². The van der Waals surface area contributed by atoms with Crippen LogP contribution in [0.5, 0.6) is 0 Å². The second kappa shape index (κ2) is 7.27. The fourth-order valence-corrected chi connectivity index (χ4v) is 1.66. The molecule has 0 atom stereocenters. The number of benzene rings is 1. The van der Waals surface area contributed by atoms with Gasteiger partial charge in [-0.15, -0.1) is 0 Å². The minimum Gasteiger partial charge on any atom is -0.554 e. The Morgan fingerprint density at radius 3 is 2.79 bits per heavy atom. The molecule has 2 heteroatoms. The number of rotatable bonds is 5. The van der Waals surface area contributed by atoms with Gasteiger partial charge >= 0.3 is 0 Å². The van der Waals surface area contributed by atoms with Gasteiger partial charge in [-0.1, -0.05) is 48.2 Å². The molecule has 0 aliphatic heterocycles. The van der Waals surface area contributed by atoms with Gasteiger partial charge in [0.2, 0.25) is 9.38 Å². The molecule has 14 heavy (non-hydrogen) atoms. The Hall–Kier alpha value is -1.15. The van der Waals surface area contributed by atoms with Crippen molar-refractivity contribution in [2.75, 3.05) is 6.61 Å². The highest BCUT2D eigenvalue weighted by Crippen LogP contribution is 2.00. The first kappa shape index (κ1) is 10.9. The van der Waals surface area contributed by atoms with Crippen molar-refractivity contribution in [2.45, 2.75) is 13.3 Å². The maximum Gasteiger partial charge on any atom is 0.211 e. The summed E-state index contributed by atoms with van der Waals surface area (Å²) < 4.78 is 5.28. The van der Waals surface area contributed by atoms with E-state index in [9.17, 15) is 0 Å². The van der Waals surface area contributed by atoms with Gasteiger partial charge in [0.1, 0.15) is 0 Å². The molecule has 0 bridgehead atoms. The molecule has 0 N–H and O–H groups in total. The Morgan fingerprint density at radius 1 is 1.29 bits per heavy atom. The molecule has 0 radical (unpaired) electrons. The molecule has 0 spiro atoms. The predicted molar refractivity (Wildman–Crippen MR) is 64.9 cm³/mol. The van der Waals surface area contributed by atoms with Crippen LogP contribution in [-0.2, 0) is 4.43 Å². The van der Waals surface area contributed by atoms with E-state index < -0.39 is 0 Å². The highest BCUT2D eigenvalue weighted by Gasteiger charge is 1.80. The van der Waals surface area contributed by atoms with E-state index in [1.807, 2.05) is 13.0 Å². The van der Waals surface area contributed by atoms with Gasteiger partial charge in [-0.3, -0.25) is 0 Å². The SMILES string of the molecule is CCO[SiH]=CCC=Cc1ccccc1. The smallest absolute Gasteiger partial charge is 0.211 e. The third-order valence-electron chi connectivity index (χ3n) is 1.74. The van der Waals surface area contributed by atoms with Crippen molar-refractivity contribution < 1.29 is 4.43 Å². The van der Waals surface area contributed by atoms with Crippen LogP contribution < -0.4 is 0 Å². The minimum absolute atomic E-state index is 0.0792. The molecule has 0 heterocycles. The zero-order valence-electron chi connectivity index (χ0n) is 8.52. The summed E-state index contributed by atoms with van der Waals surface area (Å²) in [4.78, 5) is 0. The first-order valence-corrected chi connectivity index (χ1v) is 6.05. The fraction of sp³-hybridized carbons (Fsp3) is 0.250. The first-order valence-electron chi connectivity index (χ1n) is 4.91. The molecular formula is C12H16OSi. The topological polar surface area (TPSA) is 9.23 Å². The van der Waals surface area contributed by atoms with Gasteiger partial charge in [-0.05, 0) is 18.9 Å². The van der Waals surface area contributed by atoms with Crippen LogP contribution in [0.2, 0.25) is 0 Å². The van der Waals surface area contributed by atoms with Crippen molar-refractivity contribution in [1.82, 2.24) is 0 Å². The van der Waals surface area contributed by atoms with E-state index >= 15 is 0 Å². The summed E-state index contributed by atoms with van der Waals surface area (Å²) >= 11 is 0. The molecule has 0 amide bonds. The monoisotopic (exact) mass is 204 g/mol. The van der Waals surface area contributed by atoms with Crippen molar-refractivity contribution in [3.8, 4) is 0 Å². The molecule has 1 nitrogen and oxygen atoms in total. The van der Waals surface area contributed by atoms with Crippen LogP contribution in [0.4, 0.5) is 0 Å². The normalized spacial score (nSPS) is 11.2. The largest absolute Gasteiger partial charge is 0.554 e. The highest BCUT2D eigenvalue weighted by atomic mass is 28.2. The van der Waals surface area contributed by atoms with Crippen LogP contribution in [0.3, 0.4) is 0 Å². The molecule has 1 aromatic carbocycles. The molecule has 0 fully saturated rings. The summed E-state index contributed by atoms with van der Waals surface area (Å²) in [6.07, 6.45) is 5.31. The van der Waals surface area contributed by atoms with Crippen LogP contribution in [0.25, 0.3) is 6.08 Å². The van der Waals surface area contributed by atoms with Crippen molar-refractivity contribution in [1.29, 1.82) is 0 Å². The van der Waals surface area contributed by atoms with Gasteiger partial charge in [-0.25, -0.2) is 0 Å². The Morgan fingerprint density at radius 2 is 2.07 bits per heavy atom. The summed E-state index contributed by atoms with van der Waals surface area (Å²) in [5, 5.41) is 0. The molecule has 0 saturated carbocycles. The number of allylic oxidation sites excluding steroid dienone is 1. The lowest BCUT2D eigenvalue weighted by molar-refractivity contribution is 0.372. The maximum atomic E-state index is 5.28. The lowest BCUT2D eigenvalue weighted by Crippen LogP contribution is -1.90. The Bertz CT molecular complexity index is 290. The van der Waals surface area contributed by atoms with Crippen LogP contribution >= 0.6 is 0 Å². The number of hydrogen-bond donors (Lipinski definition) is 0. The molecule has 74 valence electrons. The Labute approximate surface area is 88.0 Å². The average molecular weight is 204 g/mol. The summed E-state index contributed by atoms with van der Waals surface area (Å²) in [7, 11) is 0.0792. The standard InChI is InChI=1S/C12H16OSi/c1-2-13-14-11-7-6-10-12-8-4-3-5-9-12/h3-6,8-11,14H,2,7H2,1H3. The van der Waals surface area contributed by atoms with Crippen LogP contribution in [0, 0.1) is 0 Å². The Balaban J connectivity index is 2.28. The fourth-order valence-electron chi connectivity index (χ4n) is 1.07. The predicted octanol–water partition coefficient (Wildman–Crippen LogP) is 2.28. The molecule has 0 saturated heterocycles. The van der Waals surface area contributed by atoms with E-state index in [-0.39, 0.29) is 9.38 Å². The molecule has 1 rings (SSSR count). The van der Waals surface area contributed by atoms with Crippen LogP contribution in [-0.4, -0.2) is 21.7 Å². The maximum absolute atomic E-state index is 5.28. The second-order valence-electron chi connectivity index (χ2n) is 2.88. The van der Waals surface area contributed by atoms with Gasteiger partial charge < -0.3 is 4.43 Å². The third-order valence-corrected chi connectivity index (χ3v) is 2.73. The Kier molecular flexibility index (Phi) is 5.67. The molecule has 1 aromatic rings. The quantitative estimate of drug-likeness (QED) is 0.669. The summed E-state index contributed by atoms with van der Waals surface area (Å²) in [6, 6.07) is 10.3. The van der Waals surface area contributed by atoms with Gasteiger partial charge in [0.15, 0.2) is 0 Å². The molecule has 0 aliphatic carbocycles. The summed E-state index contributed by atoms with van der Waals surface area (Å²) in [5.41, 5.74) is 3.47. The molecule has 0 unspecified atom stereocenters. The van der Waals surface area contributed by atoms with Crippen LogP contribution in [0.15, 0.2) is 36.4 Å². The molecular weight excluding hydrogens is 188 g/mol. The number of hydrogen-bond acceptors (Lipinski definition) is 1. The zero-order chi connectivity index (χ0) is 10.1. The minimum atomic E-state index is 0.0792. The van der Waals surface area contributed by atoms with Gasteiger partial charge in [0.25, 0.3) is 0 Å². The van der Waals surface area contributed by atoms with Crippen molar-refractivity contribution in [3.63, 3.8) is 0 Å². The third kappa shape index (κ3) is 4.77. The van der Waals surface area contributed by atoms with Gasteiger partial charge in [0, 0.05) is 0 Å². The zero-order valence-corrected chi connectivity index (χ0v) is 9.67. The molecule has 0 aromatic heterocycles. The van der Waals surface area contributed by atoms with E-state index in [2.05, 4.69) is 42.1 Å². The van der Waals surface area contributed by atoms with E-state index in [0.717, 1.165) is 13.0 Å².